The molecule has 0 saturated carbocycles. The van der Waals surface area contributed by atoms with Gasteiger partial charge in [0.05, 0.1) is 25.2 Å². The minimum atomic E-state index is -1.03. The van der Waals surface area contributed by atoms with Gasteiger partial charge in [0.1, 0.15) is 12.1 Å². The van der Waals surface area contributed by atoms with Gasteiger partial charge in [0.2, 0.25) is 29.5 Å². The smallest absolute Gasteiger partial charge is 0.247 e. The summed E-state index contributed by atoms with van der Waals surface area (Å²) in [5.74, 6) is -1.33. The molecule has 0 bridgehead atoms. The van der Waals surface area contributed by atoms with Crippen LogP contribution in [-0.2, 0) is 24.0 Å². The third-order valence-electron chi connectivity index (χ3n) is 9.02. The molecular weight excluding hydrogens is 574 g/mol. The van der Waals surface area contributed by atoms with Crippen LogP contribution in [0.5, 0.6) is 0 Å². The van der Waals surface area contributed by atoms with Crippen molar-refractivity contribution in [2.75, 3.05) is 46.3 Å². The van der Waals surface area contributed by atoms with Gasteiger partial charge in [0, 0.05) is 32.2 Å². The Morgan fingerprint density at radius 1 is 0.933 bits per heavy atom. The van der Waals surface area contributed by atoms with E-state index in [0.717, 1.165) is 11.1 Å². The lowest BCUT2D eigenvalue weighted by Gasteiger charge is -2.39. The molecule has 3 aliphatic heterocycles. The molecule has 0 radical (unpaired) electrons. The van der Waals surface area contributed by atoms with E-state index >= 15 is 0 Å². The van der Waals surface area contributed by atoms with Gasteiger partial charge < -0.3 is 31.1 Å². The lowest BCUT2D eigenvalue weighted by atomic mass is 9.98. The molecule has 4 atom stereocenters. The summed E-state index contributed by atoms with van der Waals surface area (Å²) in [6, 6.07) is 16.4. The van der Waals surface area contributed by atoms with Gasteiger partial charge in [-0.05, 0) is 44.4 Å². The minimum absolute atomic E-state index is 0.0197. The van der Waals surface area contributed by atoms with Gasteiger partial charge in [-0.1, -0.05) is 60.7 Å². The van der Waals surface area contributed by atoms with Crippen LogP contribution in [0.1, 0.15) is 43.4 Å². The fourth-order valence-electron chi connectivity index (χ4n) is 6.40. The van der Waals surface area contributed by atoms with E-state index < -0.39 is 24.2 Å². The minimum Gasteiger partial charge on any atom is -0.354 e. The van der Waals surface area contributed by atoms with Gasteiger partial charge in [-0.15, -0.1) is 0 Å². The summed E-state index contributed by atoms with van der Waals surface area (Å²) in [6.45, 7) is 3.26. The maximum absolute atomic E-state index is 14.3. The summed E-state index contributed by atoms with van der Waals surface area (Å²) in [6.07, 6.45) is 1.59. The number of carbonyl (C=O) groups excluding carboxylic acids is 5. The highest BCUT2D eigenvalue weighted by atomic mass is 16.2. The maximum atomic E-state index is 14.3. The third-order valence-corrected chi connectivity index (χ3v) is 9.02. The number of rotatable bonds is 9. The van der Waals surface area contributed by atoms with Crippen LogP contribution in [-0.4, -0.2) is 115 Å². The molecule has 2 aromatic rings. The first-order valence-corrected chi connectivity index (χ1v) is 15.7. The predicted molar refractivity (Wildman–Crippen MR) is 168 cm³/mol. The number of hydrogen-bond donors (Lipinski definition) is 4. The van der Waals surface area contributed by atoms with Gasteiger partial charge in [0.15, 0.2) is 0 Å². The second-order valence-electron chi connectivity index (χ2n) is 12.0. The largest absolute Gasteiger partial charge is 0.354 e. The fraction of sp³-hybridized carbons (Fsp3) is 0.485. The first kappa shape index (κ1) is 32.1. The monoisotopic (exact) mass is 617 g/mol. The maximum Gasteiger partial charge on any atom is 0.247 e. The van der Waals surface area contributed by atoms with Crippen molar-refractivity contribution in [3.8, 4) is 0 Å². The van der Waals surface area contributed by atoms with E-state index in [9.17, 15) is 24.0 Å². The van der Waals surface area contributed by atoms with Crippen LogP contribution < -0.4 is 21.3 Å². The number of benzene rings is 2. The standard InChI is InChI=1S/C33H43N7O5/c1-22(34-2)31(43)36-26-19-39(29(42)21-38-18-16-35-28(41)20-38)17-15-25-13-14-27(40(25)33(26)45)32(44)37-30(23-9-5-3-6-10-23)24-11-7-4-8-12-24/h3-12,22,25-27,30,34H,13-21H2,1-2H3,(H,35,41)(H,36,43)(H,37,44)/t22-,25+,26-,27-/m0/s1. The summed E-state index contributed by atoms with van der Waals surface area (Å²) in [5, 5.41) is 11.7. The van der Waals surface area contributed by atoms with E-state index in [4.69, 9.17) is 0 Å². The van der Waals surface area contributed by atoms with Crippen molar-refractivity contribution in [2.24, 2.45) is 0 Å². The van der Waals surface area contributed by atoms with E-state index in [1.807, 2.05) is 60.7 Å². The van der Waals surface area contributed by atoms with Crippen molar-refractivity contribution >= 4 is 29.5 Å². The van der Waals surface area contributed by atoms with Gasteiger partial charge >= 0.3 is 0 Å². The molecule has 12 nitrogen and oxygen atoms in total. The normalized spacial score (nSPS) is 23.0. The van der Waals surface area contributed by atoms with Crippen molar-refractivity contribution in [2.45, 2.75) is 56.4 Å². The Balaban J connectivity index is 1.36. The summed E-state index contributed by atoms with van der Waals surface area (Å²) in [4.78, 5) is 71.7. The number of piperazine rings is 1. The molecule has 3 saturated heterocycles. The van der Waals surface area contributed by atoms with E-state index in [1.165, 1.54) is 0 Å². The van der Waals surface area contributed by atoms with Crippen LogP contribution in [0.2, 0.25) is 0 Å². The Morgan fingerprint density at radius 2 is 1.60 bits per heavy atom. The average molecular weight is 618 g/mol. The third kappa shape index (κ3) is 7.69. The van der Waals surface area contributed by atoms with Crippen LogP contribution in [0.3, 0.4) is 0 Å². The Kier molecular flexibility index (Phi) is 10.5. The predicted octanol–water partition coefficient (Wildman–Crippen LogP) is 0.00860. The lowest BCUT2D eigenvalue weighted by molar-refractivity contribution is -0.147. The zero-order valence-corrected chi connectivity index (χ0v) is 25.9. The molecule has 45 heavy (non-hydrogen) atoms. The van der Waals surface area contributed by atoms with E-state index in [2.05, 4.69) is 21.3 Å². The van der Waals surface area contributed by atoms with Crippen molar-refractivity contribution in [3.05, 3.63) is 71.8 Å². The highest BCUT2D eigenvalue weighted by molar-refractivity contribution is 5.94. The first-order chi connectivity index (χ1) is 21.7. The van der Waals surface area contributed by atoms with Crippen molar-refractivity contribution in [3.63, 3.8) is 0 Å². The van der Waals surface area contributed by atoms with Crippen LogP contribution >= 0.6 is 0 Å². The molecule has 0 aromatic heterocycles. The number of fused-ring (bicyclic) bond motifs is 1. The van der Waals surface area contributed by atoms with Crippen molar-refractivity contribution < 1.29 is 24.0 Å². The van der Waals surface area contributed by atoms with Crippen LogP contribution in [0, 0.1) is 0 Å². The zero-order chi connectivity index (χ0) is 31.9. The highest BCUT2D eigenvalue weighted by Crippen LogP contribution is 2.31. The van der Waals surface area contributed by atoms with Gasteiger partial charge in [-0.2, -0.15) is 0 Å². The van der Waals surface area contributed by atoms with Crippen LogP contribution in [0.4, 0.5) is 0 Å². The van der Waals surface area contributed by atoms with Crippen molar-refractivity contribution in [1.82, 2.24) is 36.0 Å². The van der Waals surface area contributed by atoms with Gasteiger partial charge in [0.25, 0.3) is 0 Å². The molecular formula is C33H43N7O5. The molecule has 5 rings (SSSR count). The molecule has 2 aromatic carbocycles. The molecule has 240 valence electrons. The van der Waals surface area contributed by atoms with E-state index in [1.54, 1.807) is 28.7 Å². The molecule has 0 unspecified atom stereocenters. The number of carbonyl (C=O) groups is 5. The van der Waals surface area contributed by atoms with E-state index in [0.29, 0.717) is 38.9 Å². The van der Waals surface area contributed by atoms with Crippen molar-refractivity contribution in [1.29, 1.82) is 0 Å². The number of likely N-dealkylation sites (N-methyl/N-ethyl adjacent to an activating group) is 1. The summed E-state index contributed by atoms with van der Waals surface area (Å²) in [5.41, 5.74) is 1.86. The first-order valence-electron chi connectivity index (χ1n) is 15.7. The van der Waals surface area contributed by atoms with Gasteiger partial charge in [-0.25, -0.2) is 0 Å². The number of nitrogens with zero attached hydrogens (tertiary/aromatic N) is 3. The topological polar surface area (TPSA) is 143 Å². The molecule has 3 fully saturated rings. The summed E-state index contributed by atoms with van der Waals surface area (Å²) in [7, 11) is 1.65. The molecule has 0 spiro atoms. The molecule has 5 amide bonds. The number of hydrogen-bond acceptors (Lipinski definition) is 7. The Hall–Kier alpha value is -4.29. The highest BCUT2D eigenvalue weighted by Gasteiger charge is 2.46. The Labute approximate surface area is 263 Å². The average Bonchev–Trinajstić information content (AvgIpc) is 3.47. The van der Waals surface area contributed by atoms with Gasteiger partial charge in [-0.3, -0.25) is 28.9 Å². The van der Waals surface area contributed by atoms with Crippen LogP contribution in [0.15, 0.2) is 60.7 Å². The SMILES string of the molecule is CN[C@@H](C)C(=O)N[C@H]1CN(C(=O)CN2CCNC(=O)C2)CC[C@H]2CC[C@@H](C(=O)NC(c3ccccc3)c3ccccc3)N2C1=O. The molecule has 3 heterocycles. The fourth-order valence-corrected chi connectivity index (χ4v) is 6.40. The lowest BCUT2D eigenvalue weighted by Crippen LogP contribution is -2.63. The molecule has 4 N–H and O–H groups in total. The zero-order valence-electron chi connectivity index (χ0n) is 25.9. The Morgan fingerprint density at radius 3 is 2.22 bits per heavy atom. The summed E-state index contributed by atoms with van der Waals surface area (Å²) >= 11 is 0. The molecule has 12 heteroatoms. The molecule has 0 aliphatic carbocycles. The van der Waals surface area contributed by atoms with Crippen LogP contribution in [0.25, 0.3) is 0 Å². The second kappa shape index (κ2) is 14.7. The molecule has 3 aliphatic rings. The summed E-state index contributed by atoms with van der Waals surface area (Å²) < 4.78 is 0. The number of nitrogens with one attached hydrogen (secondary N) is 4. The van der Waals surface area contributed by atoms with E-state index in [-0.39, 0.29) is 55.2 Å². The number of amides is 5. The Bertz CT molecular complexity index is 1330. The second-order valence-corrected chi connectivity index (χ2v) is 12.0. The quantitative estimate of drug-likeness (QED) is 0.311.